The van der Waals surface area contributed by atoms with Gasteiger partial charge < -0.3 is 10.1 Å². The highest BCUT2D eigenvalue weighted by atomic mass is 35.5. The summed E-state index contributed by atoms with van der Waals surface area (Å²) >= 11 is 0. The van der Waals surface area contributed by atoms with Crippen molar-refractivity contribution in [1.29, 1.82) is 0 Å². The topological polar surface area (TPSA) is 21.3 Å². The summed E-state index contributed by atoms with van der Waals surface area (Å²) in [6, 6.07) is 8.82. The third-order valence-electron chi connectivity index (χ3n) is 3.17. The van der Waals surface area contributed by atoms with Crippen LogP contribution in [-0.4, -0.2) is 12.6 Å². The van der Waals surface area contributed by atoms with Crippen molar-refractivity contribution in [3.05, 3.63) is 29.8 Å². The molecule has 1 fully saturated rings. The van der Waals surface area contributed by atoms with Crippen LogP contribution < -0.4 is 10.1 Å². The average molecular weight is 266 g/mol. The van der Waals surface area contributed by atoms with Gasteiger partial charge in [-0.2, -0.15) is 0 Å². The van der Waals surface area contributed by atoms with E-state index in [1.165, 1.54) is 31.2 Å². The lowest BCUT2D eigenvalue weighted by Crippen LogP contribution is -2.25. The summed E-state index contributed by atoms with van der Waals surface area (Å²) in [4.78, 5) is 0. The molecule has 0 spiro atoms. The summed E-state index contributed by atoms with van der Waals surface area (Å²) < 4.78 is 5.40. The molecule has 98 valence electrons. The normalized spacial score (nSPS) is 14.8. The third kappa shape index (κ3) is 4.60. The van der Waals surface area contributed by atoms with Crippen LogP contribution in [0.15, 0.2) is 24.3 Å². The van der Waals surface area contributed by atoms with Crippen LogP contribution in [0.3, 0.4) is 0 Å². The quantitative estimate of drug-likeness (QED) is 0.826. The van der Waals surface area contributed by atoms with E-state index < -0.39 is 0 Å². The molecule has 1 N–H and O–H groups in total. The summed E-state index contributed by atoms with van der Waals surface area (Å²) in [5, 5.41) is 3.59. The van der Waals surface area contributed by atoms with Gasteiger partial charge in [0.25, 0.3) is 0 Å². The van der Waals surface area contributed by atoms with E-state index >= 15 is 0 Å². The highest BCUT2D eigenvalue weighted by molar-refractivity contribution is 5.85. The molecule has 1 aliphatic rings. The van der Waals surface area contributed by atoms with Crippen molar-refractivity contribution >= 4 is 12.4 Å². The molecule has 18 heavy (non-hydrogen) atoms. The Morgan fingerprint density at radius 2 is 2.11 bits per heavy atom. The first-order chi connectivity index (χ1) is 8.38. The van der Waals surface area contributed by atoms with Gasteiger partial charge in [-0.25, -0.2) is 0 Å². The number of benzene rings is 1. The molecule has 3 heteroatoms. The van der Waals surface area contributed by atoms with Gasteiger partial charge in [-0.1, -0.05) is 30.9 Å². The molecule has 1 aromatic rings. The molecule has 0 amide bonds. The number of ether oxygens (including phenoxy) is 1. The van der Waals surface area contributed by atoms with Gasteiger partial charge >= 0.3 is 0 Å². The molecule has 1 aliphatic carbocycles. The van der Waals surface area contributed by atoms with Crippen molar-refractivity contribution in [1.82, 2.24) is 5.32 Å². The first kappa shape index (κ1) is 14.9. The average Bonchev–Trinajstić information content (AvgIpc) is 2.87. The first-order valence-electron chi connectivity index (χ1n) is 6.27. The number of hydrogen-bond acceptors (Lipinski definition) is 2. The Labute approximate surface area is 116 Å². The van der Waals surface area contributed by atoms with Crippen molar-refractivity contribution in [2.75, 3.05) is 6.61 Å². The summed E-state index contributed by atoms with van der Waals surface area (Å²) in [6.07, 6.45) is 10.5. The van der Waals surface area contributed by atoms with E-state index in [4.69, 9.17) is 11.2 Å². The SMILES string of the molecule is C#CCOc1cccc(CNC2CCCC2)c1.Cl. The van der Waals surface area contributed by atoms with Gasteiger partial charge in [0.15, 0.2) is 0 Å². The zero-order valence-corrected chi connectivity index (χ0v) is 11.3. The number of hydrogen-bond donors (Lipinski definition) is 1. The molecule has 0 heterocycles. The summed E-state index contributed by atoms with van der Waals surface area (Å²) in [5.41, 5.74) is 1.26. The lowest BCUT2D eigenvalue weighted by molar-refractivity contribution is 0.369. The van der Waals surface area contributed by atoms with Crippen LogP contribution in [0.4, 0.5) is 0 Å². The molecule has 0 saturated heterocycles. The predicted molar refractivity (Wildman–Crippen MR) is 77.1 cm³/mol. The van der Waals surface area contributed by atoms with E-state index in [-0.39, 0.29) is 12.4 Å². The Bertz CT molecular complexity index is 394. The summed E-state index contributed by atoms with van der Waals surface area (Å²) in [6.45, 7) is 1.25. The standard InChI is InChI=1S/C15H19NO.ClH/c1-2-10-17-15-9-5-6-13(11-15)12-16-14-7-3-4-8-14;/h1,5-6,9,11,14,16H,3-4,7-8,10,12H2;1H. The van der Waals surface area contributed by atoms with Gasteiger partial charge in [-0.15, -0.1) is 18.8 Å². The largest absolute Gasteiger partial charge is 0.481 e. The number of rotatable bonds is 5. The van der Waals surface area contributed by atoms with Crippen molar-refractivity contribution in [2.24, 2.45) is 0 Å². The van der Waals surface area contributed by atoms with Gasteiger partial charge in [0, 0.05) is 12.6 Å². The smallest absolute Gasteiger partial charge is 0.148 e. The minimum absolute atomic E-state index is 0. The zero-order chi connectivity index (χ0) is 11.9. The lowest BCUT2D eigenvalue weighted by atomic mass is 10.2. The first-order valence-corrected chi connectivity index (χ1v) is 6.27. The molecular weight excluding hydrogens is 246 g/mol. The molecule has 0 unspecified atom stereocenters. The Hall–Kier alpha value is -1.17. The molecule has 0 aliphatic heterocycles. The van der Waals surface area contributed by atoms with Crippen molar-refractivity contribution in [3.8, 4) is 18.1 Å². The highest BCUT2D eigenvalue weighted by Crippen LogP contribution is 2.19. The molecule has 1 aromatic carbocycles. The van der Waals surface area contributed by atoms with E-state index in [0.29, 0.717) is 12.6 Å². The van der Waals surface area contributed by atoms with Crippen LogP contribution in [0.25, 0.3) is 0 Å². The summed E-state index contributed by atoms with van der Waals surface area (Å²) in [5.74, 6) is 3.33. The second-order valence-corrected chi connectivity index (χ2v) is 4.50. The maximum atomic E-state index is 5.40. The van der Waals surface area contributed by atoms with Gasteiger partial charge in [0.05, 0.1) is 0 Å². The van der Waals surface area contributed by atoms with Crippen LogP contribution in [0.2, 0.25) is 0 Å². The number of terminal acetylenes is 1. The van der Waals surface area contributed by atoms with Gasteiger partial charge in [0.1, 0.15) is 12.4 Å². The van der Waals surface area contributed by atoms with Crippen molar-refractivity contribution in [3.63, 3.8) is 0 Å². The highest BCUT2D eigenvalue weighted by Gasteiger charge is 2.13. The Kier molecular flexibility index (Phi) is 6.64. The fourth-order valence-corrected chi connectivity index (χ4v) is 2.26. The van der Waals surface area contributed by atoms with Crippen LogP contribution in [0.1, 0.15) is 31.2 Å². The number of halogens is 1. The van der Waals surface area contributed by atoms with E-state index in [0.717, 1.165) is 12.3 Å². The Morgan fingerprint density at radius 3 is 2.83 bits per heavy atom. The molecule has 1 saturated carbocycles. The van der Waals surface area contributed by atoms with E-state index in [1.54, 1.807) is 0 Å². The van der Waals surface area contributed by atoms with E-state index in [2.05, 4.69) is 23.4 Å². The molecule has 0 aromatic heterocycles. The fourth-order valence-electron chi connectivity index (χ4n) is 2.26. The third-order valence-corrected chi connectivity index (χ3v) is 3.17. The Balaban J connectivity index is 0.00000162. The monoisotopic (exact) mass is 265 g/mol. The maximum Gasteiger partial charge on any atom is 0.148 e. The summed E-state index contributed by atoms with van der Waals surface area (Å²) in [7, 11) is 0. The lowest BCUT2D eigenvalue weighted by Gasteiger charge is -2.12. The fraction of sp³-hybridized carbons (Fsp3) is 0.467. The number of nitrogens with one attached hydrogen (secondary N) is 1. The molecule has 0 radical (unpaired) electrons. The molecule has 2 rings (SSSR count). The van der Waals surface area contributed by atoms with Crippen molar-refractivity contribution in [2.45, 2.75) is 38.3 Å². The minimum Gasteiger partial charge on any atom is -0.481 e. The maximum absolute atomic E-state index is 5.40. The second kappa shape index (κ2) is 8.02. The van der Waals surface area contributed by atoms with E-state index in [9.17, 15) is 0 Å². The second-order valence-electron chi connectivity index (χ2n) is 4.50. The van der Waals surface area contributed by atoms with Gasteiger partial charge in [0.2, 0.25) is 0 Å². The molecular formula is C15H20ClNO. The Morgan fingerprint density at radius 1 is 1.33 bits per heavy atom. The molecule has 0 bridgehead atoms. The van der Waals surface area contributed by atoms with Crippen LogP contribution >= 0.6 is 12.4 Å². The zero-order valence-electron chi connectivity index (χ0n) is 10.5. The van der Waals surface area contributed by atoms with E-state index in [1.807, 2.05) is 12.1 Å². The van der Waals surface area contributed by atoms with Crippen LogP contribution in [-0.2, 0) is 6.54 Å². The minimum atomic E-state index is 0. The van der Waals surface area contributed by atoms with Gasteiger partial charge in [-0.3, -0.25) is 0 Å². The molecule has 0 atom stereocenters. The van der Waals surface area contributed by atoms with Crippen LogP contribution in [0.5, 0.6) is 5.75 Å². The predicted octanol–water partition coefficient (Wildman–Crippen LogP) is 3.15. The van der Waals surface area contributed by atoms with Crippen molar-refractivity contribution < 1.29 is 4.74 Å². The van der Waals surface area contributed by atoms with Crippen LogP contribution in [0, 0.1) is 12.3 Å². The molecule has 2 nitrogen and oxygen atoms in total. The van der Waals surface area contributed by atoms with Gasteiger partial charge in [-0.05, 0) is 30.5 Å².